The Morgan fingerprint density at radius 2 is 1.27 bits per heavy atom. The van der Waals surface area contributed by atoms with Crippen molar-refractivity contribution in [2.24, 2.45) is 0 Å². The van der Waals surface area contributed by atoms with Crippen LogP contribution in [0.2, 0.25) is 0 Å². The fourth-order valence-electron chi connectivity index (χ4n) is 0.693. The number of hydrogen-bond acceptors (Lipinski definition) is 0. The second-order valence-electron chi connectivity index (χ2n) is 2.09. The smallest absolute Gasteiger partial charge is 0.161 e. The fourth-order valence-corrected chi connectivity index (χ4v) is 0.693. The third kappa shape index (κ3) is 1.22. The lowest BCUT2D eigenvalue weighted by Gasteiger charge is -1.99. The highest BCUT2D eigenvalue weighted by atomic mass is 19.2. The average molecular weight is 162 g/mol. The van der Waals surface area contributed by atoms with Gasteiger partial charge in [-0.25, -0.2) is 17.6 Å². The van der Waals surface area contributed by atoms with Crippen LogP contribution >= 0.6 is 0 Å². The van der Waals surface area contributed by atoms with Gasteiger partial charge in [-0.05, 0) is 5.46 Å². The summed E-state index contributed by atoms with van der Waals surface area (Å²) in [5.74, 6) is -5.43. The van der Waals surface area contributed by atoms with E-state index < -0.39 is 28.7 Å². The Bertz CT molecular complexity index is 271. The Balaban J connectivity index is 3.46. The summed E-state index contributed by atoms with van der Waals surface area (Å²) in [6.45, 7) is 0. The summed E-state index contributed by atoms with van der Waals surface area (Å²) >= 11 is 0. The molecule has 0 aliphatic carbocycles. The van der Waals surface area contributed by atoms with Gasteiger partial charge in [0.25, 0.3) is 0 Å². The van der Waals surface area contributed by atoms with Crippen molar-refractivity contribution in [1.82, 2.24) is 0 Å². The first-order valence-electron chi connectivity index (χ1n) is 2.83. The van der Waals surface area contributed by atoms with E-state index >= 15 is 0 Å². The molecular formula is C6H3BF4. The Labute approximate surface area is 61.2 Å². The summed E-state index contributed by atoms with van der Waals surface area (Å²) in [5.41, 5.74) is -0.637. The van der Waals surface area contributed by atoms with Crippen molar-refractivity contribution in [3.63, 3.8) is 0 Å². The Hall–Kier alpha value is -0.995. The van der Waals surface area contributed by atoms with E-state index in [0.717, 1.165) is 7.85 Å². The molecule has 58 valence electrons. The van der Waals surface area contributed by atoms with Gasteiger partial charge in [0.15, 0.2) is 23.3 Å². The molecule has 0 amide bonds. The van der Waals surface area contributed by atoms with Crippen LogP contribution in [0.15, 0.2) is 6.07 Å². The molecule has 0 N–H and O–H groups in total. The van der Waals surface area contributed by atoms with Crippen molar-refractivity contribution in [3.8, 4) is 0 Å². The van der Waals surface area contributed by atoms with E-state index in [0.29, 0.717) is 0 Å². The molecule has 0 saturated carbocycles. The molecule has 0 bridgehead atoms. The highest BCUT2D eigenvalue weighted by Crippen LogP contribution is 2.08. The van der Waals surface area contributed by atoms with Crippen LogP contribution < -0.4 is 5.46 Å². The first-order chi connectivity index (χ1) is 5.04. The Morgan fingerprint density at radius 3 is 1.64 bits per heavy atom. The molecule has 1 aromatic rings. The fraction of sp³-hybridized carbons (Fsp3) is 0. The Kier molecular flexibility index (Phi) is 1.89. The number of rotatable bonds is 0. The molecule has 1 rings (SSSR count). The van der Waals surface area contributed by atoms with Gasteiger partial charge in [0.1, 0.15) is 7.85 Å². The molecule has 5 heteroatoms. The lowest BCUT2D eigenvalue weighted by atomic mass is 9.94. The minimum absolute atomic E-state index is 0.178. The number of benzene rings is 1. The topological polar surface area (TPSA) is 0 Å². The summed E-state index contributed by atoms with van der Waals surface area (Å²) in [7, 11) is 0.969. The second kappa shape index (κ2) is 2.56. The number of hydrogen-bond donors (Lipinski definition) is 0. The van der Waals surface area contributed by atoms with Gasteiger partial charge in [-0.1, -0.05) is 0 Å². The molecular weight excluding hydrogens is 159 g/mol. The van der Waals surface area contributed by atoms with Crippen LogP contribution in [0.5, 0.6) is 0 Å². The highest BCUT2D eigenvalue weighted by Gasteiger charge is 2.14. The van der Waals surface area contributed by atoms with Crippen LogP contribution in [0.3, 0.4) is 0 Å². The highest BCUT2D eigenvalue weighted by molar-refractivity contribution is 6.32. The zero-order chi connectivity index (χ0) is 8.59. The van der Waals surface area contributed by atoms with Gasteiger partial charge in [0.05, 0.1) is 0 Å². The Morgan fingerprint density at radius 1 is 0.909 bits per heavy atom. The van der Waals surface area contributed by atoms with Crippen LogP contribution in [-0.2, 0) is 0 Å². The molecule has 0 unspecified atom stereocenters. The molecule has 0 aromatic heterocycles. The van der Waals surface area contributed by atoms with E-state index in [4.69, 9.17) is 0 Å². The van der Waals surface area contributed by atoms with Gasteiger partial charge < -0.3 is 0 Å². The summed E-state index contributed by atoms with van der Waals surface area (Å²) in [6.07, 6.45) is 0. The standard InChI is InChI=1S/C6H3BF4/c7-4-5(10)2(8)1-3(9)6(4)11/h1H,7H2. The van der Waals surface area contributed by atoms with E-state index in [1.165, 1.54) is 0 Å². The van der Waals surface area contributed by atoms with Gasteiger partial charge >= 0.3 is 0 Å². The zero-order valence-electron chi connectivity index (χ0n) is 5.59. The van der Waals surface area contributed by atoms with E-state index in [1.807, 2.05) is 0 Å². The van der Waals surface area contributed by atoms with Crippen molar-refractivity contribution in [2.45, 2.75) is 0 Å². The molecule has 0 atom stereocenters. The molecule has 11 heavy (non-hydrogen) atoms. The summed E-state index contributed by atoms with van der Waals surface area (Å²) in [4.78, 5) is 0. The van der Waals surface area contributed by atoms with Crippen LogP contribution in [0.1, 0.15) is 0 Å². The largest absolute Gasteiger partial charge is 0.204 e. The third-order valence-corrected chi connectivity index (χ3v) is 1.33. The minimum Gasteiger partial charge on any atom is -0.204 e. The van der Waals surface area contributed by atoms with Crippen LogP contribution in [0.25, 0.3) is 0 Å². The van der Waals surface area contributed by atoms with Gasteiger partial charge in [-0.2, -0.15) is 0 Å². The van der Waals surface area contributed by atoms with E-state index in [-0.39, 0.29) is 6.07 Å². The summed E-state index contributed by atoms with van der Waals surface area (Å²) in [5, 5.41) is 0. The molecule has 0 radical (unpaired) electrons. The maximum atomic E-state index is 12.4. The van der Waals surface area contributed by atoms with E-state index in [2.05, 4.69) is 0 Å². The second-order valence-corrected chi connectivity index (χ2v) is 2.09. The van der Waals surface area contributed by atoms with Crippen LogP contribution in [-0.4, -0.2) is 7.85 Å². The van der Waals surface area contributed by atoms with Crippen molar-refractivity contribution in [3.05, 3.63) is 29.3 Å². The molecule has 1 aromatic carbocycles. The predicted molar refractivity (Wildman–Crippen MR) is 34.5 cm³/mol. The first-order valence-corrected chi connectivity index (χ1v) is 2.83. The first kappa shape index (κ1) is 8.10. The molecule has 0 fully saturated rings. The lowest BCUT2D eigenvalue weighted by Crippen LogP contribution is -2.17. The van der Waals surface area contributed by atoms with Crippen LogP contribution in [0.4, 0.5) is 17.6 Å². The van der Waals surface area contributed by atoms with Gasteiger partial charge in [0.2, 0.25) is 0 Å². The van der Waals surface area contributed by atoms with Crippen molar-refractivity contribution in [2.75, 3.05) is 0 Å². The maximum absolute atomic E-state index is 12.4. The molecule has 0 aliphatic heterocycles. The van der Waals surface area contributed by atoms with Gasteiger partial charge in [-0.3, -0.25) is 0 Å². The van der Waals surface area contributed by atoms with Crippen molar-refractivity contribution in [1.29, 1.82) is 0 Å². The average Bonchev–Trinajstić information content (AvgIpc) is 1.97. The van der Waals surface area contributed by atoms with Gasteiger partial charge in [-0.15, -0.1) is 0 Å². The minimum atomic E-state index is -1.37. The monoisotopic (exact) mass is 162 g/mol. The quantitative estimate of drug-likeness (QED) is 0.296. The SMILES string of the molecule is Bc1c(F)c(F)cc(F)c1F. The van der Waals surface area contributed by atoms with Crippen LogP contribution in [0, 0.1) is 23.3 Å². The summed E-state index contributed by atoms with van der Waals surface area (Å²) in [6, 6.07) is 0.178. The normalized spacial score (nSPS) is 10.2. The third-order valence-electron chi connectivity index (χ3n) is 1.33. The molecule has 0 heterocycles. The van der Waals surface area contributed by atoms with E-state index in [9.17, 15) is 17.6 Å². The van der Waals surface area contributed by atoms with Crippen molar-refractivity contribution < 1.29 is 17.6 Å². The molecule has 0 spiro atoms. The number of halogens is 4. The van der Waals surface area contributed by atoms with E-state index in [1.54, 1.807) is 0 Å². The van der Waals surface area contributed by atoms with Gasteiger partial charge in [0, 0.05) is 6.07 Å². The summed E-state index contributed by atoms with van der Waals surface area (Å²) < 4.78 is 49.3. The van der Waals surface area contributed by atoms with Crippen molar-refractivity contribution >= 4 is 13.3 Å². The lowest BCUT2D eigenvalue weighted by molar-refractivity contribution is 0.463. The maximum Gasteiger partial charge on any atom is 0.161 e. The molecule has 0 saturated heterocycles. The molecule has 0 aliphatic rings. The predicted octanol–water partition coefficient (Wildman–Crippen LogP) is 0.501. The zero-order valence-corrected chi connectivity index (χ0v) is 5.59. The molecule has 0 nitrogen and oxygen atoms in total.